The number of aliphatic hydroxyl groups is 1. The largest absolute Gasteiger partial charge is 0.467 e. The monoisotopic (exact) mass is 429 g/mol. The van der Waals surface area contributed by atoms with Crippen LogP contribution in [-0.2, 0) is 27.1 Å². The van der Waals surface area contributed by atoms with Gasteiger partial charge in [-0.25, -0.2) is 9.59 Å². The number of carbonyl (C=O) groups excluding carboxylic acids is 2. The van der Waals surface area contributed by atoms with Crippen LogP contribution in [0.3, 0.4) is 0 Å². The van der Waals surface area contributed by atoms with E-state index in [1.165, 1.54) is 7.11 Å². The summed E-state index contributed by atoms with van der Waals surface area (Å²) in [4.78, 5) is 24.0. The summed E-state index contributed by atoms with van der Waals surface area (Å²) < 4.78 is 15.6. The second-order valence-corrected chi connectivity index (χ2v) is 7.10. The first kappa shape index (κ1) is 24.2. The average molecular weight is 430 g/mol. The molecule has 2 N–H and O–H groups in total. The molecule has 2 aromatic rings. The summed E-state index contributed by atoms with van der Waals surface area (Å²) in [7, 11) is 1.28. The Morgan fingerprint density at radius 2 is 1.87 bits per heavy atom. The lowest BCUT2D eigenvalue weighted by atomic mass is 10.1. The van der Waals surface area contributed by atoms with Gasteiger partial charge >= 0.3 is 12.1 Å². The second kappa shape index (κ2) is 14.0. The third kappa shape index (κ3) is 9.53. The Kier molecular flexibility index (Phi) is 11.0. The van der Waals surface area contributed by atoms with Crippen LogP contribution in [0.25, 0.3) is 6.08 Å². The van der Waals surface area contributed by atoms with E-state index in [1.54, 1.807) is 12.2 Å². The SMILES string of the molecule is COC(=O)[C@H](Cc1ccccc1)NC(=O)OCC=Cc1ccc(CCCCCCO)o1. The van der Waals surface area contributed by atoms with Crippen molar-refractivity contribution in [3.8, 4) is 0 Å². The molecule has 0 radical (unpaired) electrons. The fourth-order valence-electron chi connectivity index (χ4n) is 3.04. The summed E-state index contributed by atoms with van der Waals surface area (Å²) >= 11 is 0. The van der Waals surface area contributed by atoms with Crippen LogP contribution in [0.2, 0.25) is 0 Å². The van der Waals surface area contributed by atoms with Crippen LogP contribution >= 0.6 is 0 Å². The van der Waals surface area contributed by atoms with E-state index in [0.717, 1.165) is 43.4 Å². The summed E-state index contributed by atoms with van der Waals surface area (Å²) in [5, 5.41) is 11.3. The number of methoxy groups -OCH3 is 1. The van der Waals surface area contributed by atoms with Gasteiger partial charge in [0, 0.05) is 19.4 Å². The lowest BCUT2D eigenvalue weighted by Crippen LogP contribution is -2.43. The Bertz CT molecular complexity index is 814. The van der Waals surface area contributed by atoms with Gasteiger partial charge in [-0.05, 0) is 42.7 Å². The molecule has 1 heterocycles. The minimum atomic E-state index is -0.825. The van der Waals surface area contributed by atoms with Crippen molar-refractivity contribution in [3.05, 3.63) is 65.6 Å². The van der Waals surface area contributed by atoms with Crippen LogP contribution in [0, 0.1) is 0 Å². The van der Waals surface area contributed by atoms with E-state index in [2.05, 4.69) is 5.32 Å². The van der Waals surface area contributed by atoms with Crippen molar-refractivity contribution < 1.29 is 28.6 Å². The summed E-state index contributed by atoms with van der Waals surface area (Å²) in [5.41, 5.74) is 0.903. The van der Waals surface area contributed by atoms with Crippen molar-refractivity contribution in [2.24, 2.45) is 0 Å². The number of carbonyl (C=O) groups is 2. The minimum Gasteiger partial charge on any atom is -0.467 e. The number of hydrogen-bond donors (Lipinski definition) is 2. The molecule has 1 atom stereocenters. The lowest BCUT2D eigenvalue weighted by Gasteiger charge is -2.16. The van der Waals surface area contributed by atoms with Gasteiger partial charge in [0.25, 0.3) is 0 Å². The first-order valence-electron chi connectivity index (χ1n) is 10.5. The molecule has 168 valence electrons. The number of unbranched alkanes of at least 4 members (excludes halogenated alkanes) is 3. The van der Waals surface area contributed by atoms with Gasteiger partial charge in [0.1, 0.15) is 24.2 Å². The molecular weight excluding hydrogens is 398 g/mol. The van der Waals surface area contributed by atoms with Gasteiger partial charge in [-0.15, -0.1) is 0 Å². The predicted octanol–water partition coefficient (Wildman–Crippen LogP) is 3.90. The molecule has 0 unspecified atom stereocenters. The van der Waals surface area contributed by atoms with Crippen molar-refractivity contribution in [2.45, 2.75) is 44.6 Å². The van der Waals surface area contributed by atoms with Gasteiger partial charge in [-0.1, -0.05) is 43.2 Å². The normalized spacial score (nSPS) is 11.9. The minimum absolute atomic E-state index is 0.0439. The molecule has 0 saturated carbocycles. The average Bonchev–Trinajstić information content (AvgIpc) is 3.24. The van der Waals surface area contributed by atoms with E-state index < -0.39 is 18.1 Å². The van der Waals surface area contributed by atoms with Crippen molar-refractivity contribution >= 4 is 18.1 Å². The summed E-state index contributed by atoms with van der Waals surface area (Å²) in [6.07, 6.45) is 7.83. The fourth-order valence-corrected chi connectivity index (χ4v) is 3.04. The number of esters is 1. The van der Waals surface area contributed by atoms with E-state index in [9.17, 15) is 9.59 Å². The second-order valence-electron chi connectivity index (χ2n) is 7.10. The van der Waals surface area contributed by atoms with Crippen molar-refractivity contribution in [2.75, 3.05) is 20.3 Å². The molecule has 0 aliphatic carbocycles. The van der Waals surface area contributed by atoms with Gasteiger partial charge in [0.05, 0.1) is 7.11 Å². The van der Waals surface area contributed by atoms with E-state index in [1.807, 2.05) is 42.5 Å². The van der Waals surface area contributed by atoms with Gasteiger partial charge in [-0.3, -0.25) is 0 Å². The number of amides is 1. The molecule has 0 bridgehead atoms. The summed E-state index contributed by atoms with van der Waals surface area (Å²) in [5.74, 6) is 1.06. The molecule has 0 spiro atoms. The zero-order valence-corrected chi connectivity index (χ0v) is 17.9. The lowest BCUT2D eigenvalue weighted by molar-refractivity contribution is -0.142. The Morgan fingerprint density at radius 3 is 2.61 bits per heavy atom. The Labute approximate surface area is 183 Å². The highest BCUT2D eigenvalue weighted by Crippen LogP contribution is 2.13. The molecule has 1 amide bonds. The van der Waals surface area contributed by atoms with E-state index in [-0.39, 0.29) is 13.2 Å². The Balaban J connectivity index is 1.73. The van der Waals surface area contributed by atoms with E-state index >= 15 is 0 Å². The molecule has 1 aromatic carbocycles. The highest BCUT2D eigenvalue weighted by atomic mass is 16.6. The molecule has 0 aliphatic rings. The molecule has 0 aliphatic heterocycles. The smallest absolute Gasteiger partial charge is 0.408 e. The molecule has 7 heteroatoms. The highest BCUT2D eigenvalue weighted by Gasteiger charge is 2.22. The quantitative estimate of drug-likeness (QED) is 0.370. The molecule has 31 heavy (non-hydrogen) atoms. The molecule has 1 aromatic heterocycles. The number of ether oxygens (including phenoxy) is 2. The molecular formula is C24H31NO6. The molecule has 2 rings (SSSR count). The zero-order valence-electron chi connectivity index (χ0n) is 17.9. The van der Waals surface area contributed by atoms with Gasteiger partial charge < -0.3 is 24.3 Å². The summed E-state index contributed by atoms with van der Waals surface area (Å²) in [6.45, 7) is 0.286. The maximum absolute atomic E-state index is 12.1. The van der Waals surface area contributed by atoms with E-state index in [0.29, 0.717) is 12.2 Å². The van der Waals surface area contributed by atoms with Crippen LogP contribution < -0.4 is 5.32 Å². The zero-order chi connectivity index (χ0) is 22.3. The Morgan fingerprint density at radius 1 is 1.10 bits per heavy atom. The number of rotatable bonds is 13. The van der Waals surface area contributed by atoms with Crippen LogP contribution in [0.5, 0.6) is 0 Å². The fraction of sp³-hybridized carbons (Fsp3) is 0.417. The summed E-state index contributed by atoms with van der Waals surface area (Å²) in [6, 6.07) is 12.3. The maximum Gasteiger partial charge on any atom is 0.408 e. The number of hydrogen-bond acceptors (Lipinski definition) is 6. The highest BCUT2D eigenvalue weighted by molar-refractivity contribution is 5.81. The number of nitrogens with one attached hydrogen (secondary N) is 1. The van der Waals surface area contributed by atoms with Crippen LogP contribution in [0.1, 0.15) is 42.8 Å². The number of furan rings is 1. The van der Waals surface area contributed by atoms with Crippen LogP contribution in [0.15, 0.2) is 53.0 Å². The first-order valence-corrected chi connectivity index (χ1v) is 10.5. The topological polar surface area (TPSA) is 98.0 Å². The molecule has 0 saturated heterocycles. The van der Waals surface area contributed by atoms with Gasteiger partial charge in [0.2, 0.25) is 0 Å². The number of aryl methyl sites for hydroxylation is 1. The maximum atomic E-state index is 12.1. The van der Waals surface area contributed by atoms with Crippen LogP contribution in [0.4, 0.5) is 4.79 Å². The molecule has 0 fully saturated rings. The Hall–Kier alpha value is -3.06. The number of aliphatic hydroxyl groups excluding tert-OH is 1. The third-order valence-electron chi connectivity index (χ3n) is 4.67. The predicted molar refractivity (Wildman–Crippen MR) is 117 cm³/mol. The third-order valence-corrected chi connectivity index (χ3v) is 4.67. The first-order chi connectivity index (χ1) is 15.1. The van der Waals surface area contributed by atoms with E-state index in [4.69, 9.17) is 19.0 Å². The standard InChI is InChI=1S/C24H31NO6/c1-29-23(27)22(18-19-10-5-4-6-11-19)25-24(28)30-17-9-13-21-15-14-20(31-21)12-7-2-3-8-16-26/h4-6,9-11,13-15,22,26H,2-3,7-8,12,16-18H2,1H3,(H,25,28)/t22-/m0/s1. The van der Waals surface area contributed by atoms with Crippen LogP contribution in [-0.4, -0.2) is 43.5 Å². The molecule has 7 nitrogen and oxygen atoms in total. The van der Waals surface area contributed by atoms with Gasteiger partial charge in [0.15, 0.2) is 0 Å². The number of alkyl carbamates (subject to hydrolysis) is 1. The van der Waals surface area contributed by atoms with Gasteiger partial charge in [-0.2, -0.15) is 0 Å². The van der Waals surface area contributed by atoms with Crippen molar-refractivity contribution in [1.29, 1.82) is 0 Å². The number of benzene rings is 1. The van der Waals surface area contributed by atoms with Crippen molar-refractivity contribution in [3.63, 3.8) is 0 Å². The van der Waals surface area contributed by atoms with Crippen molar-refractivity contribution in [1.82, 2.24) is 5.32 Å².